The first-order valence-electron chi connectivity index (χ1n) is 8.46. The Kier molecular flexibility index (Phi) is 5.63. The highest BCUT2D eigenvalue weighted by Gasteiger charge is 2.26. The number of carbonyl (C=O) groups is 1. The molecule has 128 valence electrons. The molecule has 0 radical (unpaired) electrons. The number of hydrogen-bond acceptors (Lipinski definition) is 4. The van der Waals surface area contributed by atoms with Crippen LogP contribution in [-0.2, 0) is 17.8 Å². The van der Waals surface area contributed by atoms with Crippen molar-refractivity contribution in [3.05, 3.63) is 51.5 Å². The van der Waals surface area contributed by atoms with Gasteiger partial charge >= 0.3 is 0 Å². The number of ether oxygens (including phenoxy) is 1. The van der Waals surface area contributed by atoms with Crippen LogP contribution in [0.25, 0.3) is 0 Å². The maximum Gasteiger partial charge on any atom is 0.265 e. The maximum absolute atomic E-state index is 12.8. The molecule has 2 aromatic rings. The number of piperidine rings is 1. The molecule has 0 N–H and O–H groups in total. The van der Waals surface area contributed by atoms with Crippen molar-refractivity contribution in [2.45, 2.75) is 32.8 Å². The second kappa shape index (κ2) is 7.90. The van der Waals surface area contributed by atoms with E-state index in [-0.39, 0.29) is 5.91 Å². The highest BCUT2D eigenvalue weighted by atomic mass is 32.1. The number of amides is 1. The molecule has 5 heteroatoms. The van der Waals surface area contributed by atoms with Gasteiger partial charge in [0, 0.05) is 20.2 Å². The lowest BCUT2D eigenvalue weighted by molar-refractivity contribution is 0.0694. The van der Waals surface area contributed by atoms with Crippen LogP contribution in [0.1, 0.15) is 38.8 Å². The van der Waals surface area contributed by atoms with Crippen molar-refractivity contribution in [3.8, 4) is 0 Å². The van der Waals surface area contributed by atoms with E-state index in [1.54, 1.807) is 7.11 Å². The summed E-state index contributed by atoms with van der Waals surface area (Å²) in [5.41, 5.74) is 2.22. The lowest BCUT2D eigenvalue weighted by Crippen LogP contribution is -2.38. The van der Waals surface area contributed by atoms with Crippen molar-refractivity contribution < 1.29 is 9.53 Å². The van der Waals surface area contributed by atoms with Gasteiger partial charge in [0.1, 0.15) is 9.88 Å². The molecule has 4 nitrogen and oxygen atoms in total. The maximum atomic E-state index is 12.8. The van der Waals surface area contributed by atoms with E-state index in [1.807, 2.05) is 11.8 Å². The molecule has 0 spiro atoms. The van der Waals surface area contributed by atoms with Gasteiger partial charge < -0.3 is 9.64 Å². The third-order valence-electron chi connectivity index (χ3n) is 4.57. The normalized spacial score (nSPS) is 15.7. The Morgan fingerprint density at radius 1 is 1.29 bits per heavy atom. The zero-order chi connectivity index (χ0) is 16.9. The summed E-state index contributed by atoms with van der Waals surface area (Å²) in [6.45, 7) is 4.06. The van der Waals surface area contributed by atoms with Gasteiger partial charge in [0.15, 0.2) is 0 Å². The van der Waals surface area contributed by atoms with Crippen molar-refractivity contribution >= 4 is 17.2 Å². The Morgan fingerprint density at radius 3 is 2.67 bits per heavy atom. The summed E-state index contributed by atoms with van der Waals surface area (Å²) in [6.07, 6.45) is 3.26. The van der Waals surface area contributed by atoms with Gasteiger partial charge in [-0.15, -0.1) is 11.3 Å². The largest absolute Gasteiger partial charge is 0.378 e. The molecule has 3 rings (SSSR count). The zero-order valence-corrected chi connectivity index (χ0v) is 15.1. The summed E-state index contributed by atoms with van der Waals surface area (Å²) in [5, 5.41) is 0.873. The number of methoxy groups -OCH3 is 1. The van der Waals surface area contributed by atoms with Gasteiger partial charge in [-0.25, -0.2) is 4.98 Å². The van der Waals surface area contributed by atoms with Crippen molar-refractivity contribution in [3.63, 3.8) is 0 Å². The first kappa shape index (κ1) is 17.1. The predicted octanol–water partition coefficient (Wildman–Crippen LogP) is 3.69. The Bertz CT molecular complexity index is 676. The number of likely N-dealkylation sites (tertiary alicyclic amines) is 1. The Balaban J connectivity index is 1.57. The van der Waals surface area contributed by atoms with Gasteiger partial charge in [0.25, 0.3) is 5.91 Å². The fourth-order valence-electron chi connectivity index (χ4n) is 3.27. The highest BCUT2D eigenvalue weighted by Crippen LogP contribution is 2.26. The first-order valence-corrected chi connectivity index (χ1v) is 9.27. The summed E-state index contributed by atoms with van der Waals surface area (Å²) in [7, 11) is 1.65. The smallest absolute Gasteiger partial charge is 0.265 e. The number of hydrogen-bond donors (Lipinski definition) is 0. The molecule has 2 heterocycles. The van der Waals surface area contributed by atoms with Crippen LogP contribution in [-0.4, -0.2) is 36.0 Å². The molecule has 1 fully saturated rings. The fourth-order valence-corrected chi connectivity index (χ4v) is 4.27. The number of nitrogens with zero attached hydrogens (tertiary/aromatic N) is 2. The summed E-state index contributed by atoms with van der Waals surface area (Å²) >= 11 is 1.46. The van der Waals surface area contributed by atoms with Crippen LogP contribution >= 0.6 is 11.3 Å². The monoisotopic (exact) mass is 344 g/mol. The summed E-state index contributed by atoms with van der Waals surface area (Å²) < 4.78 is 5.12. The number of benzene rings is 1. The molecule has 0 unspecified atom stereocenters. The van der Waals surface area contributed by atoms with Gasteiger partial charge in [-0.3, -0.25) is 4.79 Å². The van der Waals surface area contributed by atoms with Crippen molar-refractivity contribution in [1.82, 2.24) is 9.88 Å². The quantitative estimate of drug-likeness (QED) is 0.831. The minimum Gasteiger partial charge on any atom is -0.378 e. The molecule has 1 aliphatic heterocycles. The van der Waals surface area contributed by atoms with E-state index < -0.39 is 0 Å². The number of aryl methyl sites for hydroxylation is 1. The van der Waals surface area contributed by atoms with Crippen LogP contribution in [0.2, 0.25) is 0 Å². The fraction of sp³-hybridized carbons (Fsp3) is 0.474. The topological polar surface area (TPSA) is 42.4 Å². The van der Waals surface area contributed by atoms with Crippen LogP contribution in [0.3, 0.4) is 0 Å². The van der Waals surface area contributed by atoms with E-state index in [0.29, 0.717) is 12.5 Å². The van der Waals surface area contributed by atoms with Gasteiger partial charge in [0.05, 0.1) is 12.3 Å². The van der Waals surface area contributed by atoms with E-state index in [0.717, 1.165) is 47.9 Å². The molecule has 1 saturated heterocycles. The lowest BCUT2D eigenvalue weighted by Gasteiger charge is -2.32. The van der Waals surface area contributed by atoms with E-state index in [1.165, 1.54) is 16.9 Å². The Labute approximate surface area is 147 Å². The standard InChI is InChI=1S/C19H24N2O2S/c1-14-18(24-17(20-14)13-23-2)19(22)21-10-8-16(9-11-21)12-15-6-4-3-5-7-15/h3-7,16H,8-13H2,1-2H3. The highest BCUT2D eigenvalue weighted by molar-refractivity contribution is 7.13. The van der Waals surface area contributed by atoms with Crippen molar-refractivity contribution in [2.24, 2.45) is 5.92 Å². The minimum atomic E-state index is 0.130. The van der Waals surface area contributed by atoms with E-state index in [2.05, 4.69) is 35.3 Å². The average molecular weight is 344 g/mol. The van der Waals surface area contributed by atoms with Gasteiger partial charge in [-0.05, 0) is 37.7 Å². The van der Waals surface area contributed by atoms with Crippen LogP contribution in [0, 0.1) is 12.8 Å². The second-order valence-corrected chi connectivity index (χ2v) is 7.46. The van der Waals surface area contributed by atoms with Crippen LogP contribution in [0.4, 0.5) is 0 Å². The first-order chi connectivity index (χ1) is 11.7. The minimum absolute atomic E-state index is 0.130. The molecule has 24 heavy (non-hydrogen) atoms. The van der Waals surface area contributed by atoms with E-state index in [4.69, 9.17) is 4.74 Å². The molecule has 0 bridgehead atoms. The third kappa shape index (κ3) is 4.02. The molecule has 0 saturated carbocycles. The second-order valence-electron chi connectivity index (χ2n) is 6.38. The molecular weight excluding hydrogens is 320 g/mol. The molecule has 1 aromatic carbocycles. The molecule has 0 atom stereocenters. The van der Waals surface area contributed by atoms with Gasteiger partial charge in [-0.1, -0.05) is 30.3 Å². The van der Waals surface area contributed by atoms with Gasteiger partial charge in [-0.2, -0.15) is 0 Å². The van der Waals surface area contributed by atoms with Crippen LogP contribution in [0.5, 0.6) is 0 Å². The summed E-state index contributed by atoms with van der Waals surface area (Å²) in [6, 6.07) is 10.6. The lowest BCUT2D eigenvalue weighted by atomic mass is 9.90. The van der Waals surface area contributed by atoms with Crippen LogP contribution < -0.4 is 0 Å². The number of rotatable bonds is 5. The number of aromatic nitrogens is 1. The van der Waals surface area contributed by atoms with Crippen molar-refractivity contribution in [1.29, 1.82) is 0 Å². The van der Waals surface area contributed by atoms with E-state index >= 15 is 0 Å². The number of carbonyl (C=O) groups excluding carboxylic acids is 1. The predicted molar refractivity (Wildman–Crippen MR) is 96.3 cm³/mol. The Morgan fingerprint density at radius 2 is 2.00 bits per heavy atom. The summed E-state index contributed by atoms with van der Waals surface area (Å²) in [4.78, 5) is 19.9. The SMILES string of the molecule is COCc1nc(C)c(C(=O)N2CCC(Cc3ccccc3)CC2)s1. The zero-order valence-electron chi connectivity index (χ0n) is 14.3. The number of thiazole rings is 1. The molecule has 1 aromatic heterocycles. The summed E-state index contributed by atoms with van der Waals surface area (Å²) in [5.74, 6) is 0.800. The van der Waals surface area contributed by atoms with Crippen molar-refractivity contribution in [2.75, 3.05) is 20.2 Å². The molecular formula is C19H24N2O2S. The molecule has 0 aliphatic carbocycles. The third-order valence-corrected chi connectivity index (χ3v) is 5.69. The molecule has 1 aliphatic rings. The van der Waals surface area contributed by atoms with Gasteiger partial charge in [0.2, 0.25) is 0 Å². The average Bonchev–Trinajstić information content (AvgIpc) is 2.97. The molecule has 1 amide bonds. The Hall–Kier alpha value is -1.72. The van der Waals surface area contributed by atoms with Crippen LogP contribution in [0.15, 0.2) is 30.3 Å². The van der Waals surface area contributed by atoms with E-state index in [9.17, 15) is 4.79 Å².